The molecular formula is C17H25N3O. The van der Waals surface area contributed by atoms with Crippen LogP contribution in [0.15, 0.2) is 36.7 Å². The van der Waals surface area contributed by atoms with Gasteiger partial charge >= 0.3 is 0 Å². The van der Waals surface area contributed by atoms with Crippen molar-refractivity contribution in [1.82, 2.24) is 15.1 Å². The molecule has 1 N–H and O–H groups in total. The maximum Gasteiger partial charge on any atom is 0.118 e. The number of ether oxygens (including phenoxy) is 1. The summed E-state index contributed by atoms with van der Waals surface area (Å²) in [5.74, 6) is 0.903. The molecule has 1 heterocycles. The van der Waals surface area contributed by atoms with E-state index >= 15 is 0 Å². The molecule has 0 fully saturated rings. The fourth-order valence-corrected chi connectivity index (χ4v) is 2.45. The third kappa shape index (κ3) is 4.60. The van der Waals surface area contributed by atoms with Gasteiger partial charge in [0, 0.05) is 19.3 Å². The van der Waals surface area contributed by atoms with E-state index in [1.807, 2.05) is 30.1 Å². The van der Waals surface area contributed by atoms with Crippen LogP contribution in [0.2, 0.25) is 0 Å². The number of hydrogen-bond acceptors (Lipinski definition) is 3. The molecule has 1 unspecified atom stereocenters. The SMILES string of the molecule is CCCNC(CCc1cnn(C)c1)c1ccc(OC)cc1. The maximum absolute atomic E-state index is 5.23. The lowest BCUT2D eigenvalue weighted by molar-refractivity contribution is 0.414. The Morgan fingerprint density at radius 1 is 1.29 bits per heavy atom. The third-order valence-corrected chi connectivity index (χ3v) is 3.64. The first-order chi connectivity index (χ1) is 10.2. The van der Waals surface area contributed by atoms with Crippen molar-refractivity contribution >= 4 is 0 Å². The number of hydrogen-bond donors (Lipinski definition) is 1. The molecule has 1 atom stereocenters. The lowest BCUT2D eigenvalue weighted by Crippen LogP contribution is -2.22. The van der Waals surface area contributed by atoms with Gasteiger partial charge in [-0.15, -0.1) is 0 Å². The average molecular weight is 287 g/mol. The third-order valence-electron chi connectivity index (χ3n) is 3.64. The molecule has 0 aliphatic carbocycles. The number of aryl methyl sites for hydroxylation is 2. The van der Waals surface area contributed by atoms with Crippen LogP contribution >= 0.6 is 0 Å². The van der Waals surface area contributed by atoms with Gasteiger partial charge in [-0.1, -0.05) is 19.1 Å². The predicted octanol–water partition coefficient (Wildman–Crippen LogP) is 3.10. The molecule has 0 saturated heterocycles. The van der Waals surface area contributed by atoms with Gasteiger partial charge < -0.3 is 10.1 Å². The predicted molar refractivity (Wildman–Crippen MR) is 85.6 cm³/mol. The Bertz CT molecular complexity index is 533. The molecule has 2 aromatic rings. The number of benzene rings is 1. The van der Waals surface area contributed by atoms with Crippen molar-refractivity contribution in [3.8, 4) is 5.75 Å². The summed E-state index contributed by atoms with van der Waals surface area (Å²) in [5.41, 5.74) is 2.60. The highest BCUT2D eigenvalue weighted by Crippen LogP contribution is 2.22. The Balaban J connectivity index is 2.01. The summed E-state index contributed by atoms with van der Waals surface area (Å²) in [4.78, 5) is 0. The van der Waals surface area contributed by atoms with Crippen LogP contribution in [0, 0.1) is 0 Å². The van der Waals surface area contributed by atoms with E-state index in [4.69, 9.17) is 4.74 Å². The van der Waals surface area contributed by atoms with Gasteiger partial charge in [0.05, 0.1) is 13.3 Å². The summed E-state index contributed by atoms with van der Waals surface area (Å²) in [6.07, 6.45) is 7.27. The van der Waals surface area contributed by atoms with Crippen LogP contribution in [-0.4, -0.2) is 23.4 Å². The molecule has 114 valence electrons. The van der Waals surface area contributed by atoms with Gasteiger partial charge in [0.2, 0.25) is 0 Å². The van der Waals surface area contributed by atoms with E-state index in [0.717, 1.165) is 31.6 Å². The van der Waals surface area contributed by atoms with Crippen LogP contribution in [0.3, 0.4) is 0 Å². The van der Waals surface area contributed by atoms with Crippen molar-refractivity contribution in [3.63, 3.8) is 0 Å². The summed E-state index contributed by atoms with van der Waals surface area (Å²) < 4.78 is 7.09. The molecule has 0 amide bonds. The Morgan fingerprint density at radius 3 is 2.62 bits per heavy atom. The van der Waals surface area contributed by atoms with E-state index in [9.17, 15) is 0 Å². The second-order valence-corrected chi connectivity index (χ2v) is 5.34. The minimum atomic E-state index is 0.371. The van der Waals surface area contributed by atoms with E-state index in [1.54, 1.807) is 7.11 Å². The van der Waals surface area contributed by atoms with Crippen LogP contribution in [-0.2, 0) is 13.5 Å². The Kier molecular flexibility index (Phi) is 5.81. The Morgan fingerprint density at radius 2 is 2.05 bits per heavy atom. The molecular weight excluding hydrogens is 262 g/mol. The smallest absolute Gasteiger partial charge is 0.118 e. The highest BCUT2D eigenvalue weighted by Gasteiger charge is 2.11. The number of aromatic nitrogens is 2. The summed E-state index contributed by atoms with van der Waals surface area (Å²) in [7, 11) is 3.66. The topological polar surface area (TPSA) is 39.1 Å². The van der Waals surface area contributed by atoms with E-state index in [2.05, 4.69) is 35.7 Å². The molecule has 0 saturated carbocycles. The average Bonchev–Trinajstić information content (AvgIpc) is 2.93. The van der Waals surface area contributed by atoms with Gasteiger partial charge in [0.1, 0.15) is 5.75 Å². The molecule has 0 spiro atoms. The van der Waals surface area contributed by atoms with Crippen molar-refractivity contribution in [1.29, 1.82) is 0 Å². The van der Waals surface area contributed by atoms with Crippen molar-refractivity contribution in [2.45, 2.75) is 32.2 Å². The minimum Gasteiger partial charge on any atom is -0.497 e. The van der Waals surface area contributed by atoms with Crippen molar-refractivity contribution in [2.24, 2.45) is 7.05 Å². The second-order valence-electron chi connectivity index (χ2n) is 5.34. The first-order valence-electron chi connectivity index (χ1n) is 7.57. The first kappa shape index (κ1) is 15.6. The molecule has 0 aliphatic heterocycles. The van der Waals surface area contributed by atoms with Gasteiger partial charge in [-0.25, -0.2) is 0 Å². The maximum atomic E-state index is 5.23. The Labute approximate surface area is 127 Å². The summed E-state index contributed by atoms with van der Waals surface area (Å²) in [6, 6.07) is 8.72. The quantitative estimate of drug-likeness (QED) is 0.811. The van der Waals surface area contributed by atoms with Crippen molar-refractivity contribution in [3.05, 3.63) is 47.8 Å². The first-order valence-corrected chi connectivity index (χ1v) is 7.57. The van der Waals surface area contributed by atoms with Crippen LogP contribution in [0.4, 0.5) is 0 Å². The van der Waals surface area contributed by atoms with E-state index in [-0.39, 0.29) is 0 Å². The molecule has 2 rings (SSSR count). The van der Waals surface area contributed by atoms with E-state index < -0.39 is 0 Å². The molecule has 4 heteroatoms. The highest BCUT2D eigenvalue weighted by atomic mass is 16.5. The molecule has 0 radical (unpaired) electrons. The van der Waals surface area contributed by atoms with E-state index in [1.165, 1.54) is 11.1 Å². The summed E-state index contributed by atoms with van der Waals surface area (Å²) in [5, 5.41) is 7.86. The number of nitrogens with zero attached hydrogens (tertiary/aromatic N) is 2. The zero-order valence-electron chi connectivity index (χ0n) is 13.2. The molecule has 21 heavy (non-hydrogen) atoms. The standard InChI is InChI=1S/C17H25N3O/c1-4-11-18-17(10-5-14-12-19-20(2)13-14)15-6-8-16(21-3)9-7-15/h6-9,12-13,17-18H,4-5,10-11H2,1-3H3. The summed E-state index contributed by atoms with van der Waals surface area (Å²) >= 11 is 0. The van der Waals surface area contributed by atoms with E-state index in [0.29, 0.717) is 6.04 Å². The van der Waals surface area contributed by atoms with Crippen LogP contribution in [0.1, 0.15) is 36.9 Å². The number of methoxy groups -OCH3 is 1. The van der Waals surface area contributed by atoms with Crippen LogP contribution in [0.25, 0.3) is 0 Å². The van der Waals surface area contributed by atoms with Crippen molar-refractivity contribution < 1.29 is 4.74 Å². The highest BCUT2D eigenvalue weighted by molar-refractivity contribution is 5.29. The monoisotopic (exact) mass is 287 g/mol. The van der Waals surface area contributed by atoms with Gasteiger partial charge in [-0.2, -0.15) is 5.10 Å². The fourth-order valence-electron chi connectivity index (χ4n) is 2.45. The lowest BCUT2D eigenvalue weighted by Gasteiger charge is -2.19. The molecule has 1 aromatic carbocycles. The minimum absolute atomic E-state index is 0.371. The van der Waals surface area contributed by atoms with Crippen molar-refractivity contribution in [2.75, 3.05) is 13.7 Å². The van der Waals surface area contributed by atoms with Gasteiger partial charge in [-0.05, 0) is 49.1 Å². The lowest BCUT2D eigenvalue weighted by atomic mass is 10.00. The van der Waals surface area contributed by atoms with Crippen LogP contribution < -0.4 is 10.1 Å². The second kappa shape index (κ2) is 7.84. The Hall–Kier alpha value is -1.81. The number of nitrogens with one attached hydrogen (secondary N) is 1. The zero-order valence-corrected chi connectivity index (χ0v) is 13.2. The number of rotatable bonds is 8. The fraction of sp³-hybridized carbons (Fsp3) is 0.471. The normalized spacial score (nSPS) is 12.3. The van der Waals surface area contributed by atoms with Gasteiger partial charge in [0.15, 0.2) is 0 Å². The molecule has 4 nitrogen and oxygen atoms in total. The molecule has 0 aliphatic rings. The molecule has 0 bridgehead atoms. The van der Waals surface area contributed by atoms with Gasteiger partial charge in [0.25, 0.3) is 0 Å². The summed E-state index contributed by atoms with van der Waals surface area (Å²) in [6.45, 7) is 3.23. The zero-order chi connectivity index (χ0) is 15.1. The largest absolute Gasteiger partial charge is 0.497 e. The molecule has 1 aromatic heterocycles. The van der Waals surface area contributed by atoms with Crippen LogP contribution in [0.5, 0.6) is 5.75 Å². The van der Waals surface area contributed by atoms with Gasteiger partial charge in [-0.3, -0.25) is 4.68 Å².